The predicted octanol–water partition coefficient (Wildman–Crippen LogP) is 3.79. The van der Waals surface area contributed by atoms with Gasteiger partial charge in [-0.3, -0.25) is 9.59 Å². The lowest BCUT2D eigenvalue weighted by Gasteiger charge is -2.20. The van der Waals surface area contributed by atoms with Gasteiger partial charge in [0.05, 0.1) is 7.11 Å². The summed E-state index contributed by atoms with van der Waals surface area (Å²) in [5.74, 6) is 0.893. The zero-order valence-corrected chi connectivity index (χ0v) is 12.1. The highest BCUT2D eigenvalue weighted by Gasteiger charge is 2.27. The Morgan fingerprint density at radius 1 is 1.14 bits per heavy atom. The van der Waals surface area contributed by atoms with Gasteiger partial charge in [0.1, 0.15) is 11.5 Å². The van der Waals surface area contributed by atoms with Crippen molar-refractivity contribution in [2.24, 2.45) is 5.92 Å². The molecule has 0 aromatic heterocycles. The van der Waals surface area contributed by atoms with Crippen LogP contribution in [0.4, 0.5) is 0 Å². The number of Topliss-reactive ketones (excluding diaryl/α,β-unsaturated/α-hetero) is 2. The number of fused-ring (bicyclic) bond motifs is 1. The number of ether oxygens (including phenoxy) is 1. The smallest absolute Gasteiger partial charge is 0.167 e. The summed E-state index contributed by atoms with van der Waals surface area (Å²) >= 11 is 0. The second-order valence-corrected chi connectivity index (χ2v) is 5.56. The first kappa shape index (κ1) is 13.8. The van der Waals surface area contributed by atoms with Gasteiger partial charge in [0.25, 0.3) is 0 Å². The molecule has 0 bridgehead atoms. The van der Waals surface area contributed by atoms with Crippen molar-refractivity contribution in [2.45, 2.75) is 25.7 Å². The van der Waals surface area contributed by atoms with Gasteiger partial charge in [-0.05, 0) is 30.4 Å². The summed E-state index contributed by atoms with van der Waals surface area (Å²) in [5.41, 5.74) is 0.700. The summed E-state index contributed by atoms with van der Waals surface area (Å²) < 4.78 is 5.36. The summed E-state index contributed by atoms with van der Waals surface area (Å²) in [6.45, 7) is 0. The fraction of sp³-hybridized carbons (Fsp3) is 0.333. The molecule has 2 aromatic carbocycles. The molecule has 0 spiro atoms. The molecule has 0 aliphatic heterocycles. The minimum atomic E-state index is -0.164. The summed E-state index contributed by atoms with van der Waals surface area (Å²) in [7, 11) is 1.63. The monoisotopic (exact) mass is 282 g/mol. The number of rotatable bonds is 3. The number of carbonyl (C=O) groups excluding carboxylic acids is 2. The predicted molar refractivity (Wildman–Crippen MR) is 81.8 cm³/mol. The van der Waals surface area contributed by atoms with Gasteiger partial charge in [0.15, 0.2) is 5.78 Å². The molecule has 2 aromatic rings. The van der Waals surface area contributed by atoms with Crippen molar-refractivity contribution in [3.63, 3.8) is 0 Å². The maximum atomic E-state index is 12.8. The van der Waals surface area contributed by atoms with E-state index in [4.69, 9.17) is 4.74 Å². The maximum absolute atomic E-state index is 12.8. The first-order valence-corrected chi connectivity index (χ1v) is 7.32. The molecule has 0 saturated heterocycles. The Morgan fingerprint density at radius 2 is 1.90 bits per heavy atom. The van der Waals surface area contributed by atoms with Gasteiger partial charge in [-0.15, -0.1) is 0 Å². The van der Waals surface area contributed by atoms with Crippen LogP contribution in [0.15, 0.2) is 36.4 Å². The van der Waals surface area contributed by atoms with E-state index in [0.717, 1.165) is 29.4 Å². The molecule has 1 atom stereocenters. The van der Waals surface area contributed by atoms with Gasteiger partial charge in [0.2, 0.25) is 0 Å². The Hall–Kier alpha value is -2.16. The molecule has 0 N–H and O–H groups in total. The average Bonchev–Trinajstić information content (AvgIpc) is 2.53. The average molecular weight is 282 g/mol. The van der Waals surface area contributed by atoms with Crippen LogP contribution in [0.5, 0.6) is 5.75 Å². The van der Waals surface area contributed by atoms with Crippen LogP contribution in [-0.2, 0) is 4.79 Å². The third-order valence-corrected chi connectivity index (χ3v) is 4.22. The van der Waals surface area contributed by atoms with Crippen LogP contribution >= 0.6 is 0 Å². The number of methoxy groups -OCH3 is 1. The van der Waals surface area contributed by atoms with Crippen LogP contribution in [0, 0.1) is 5.92 Å². The molecule has 1 aliphatic carbocycles. The lowest BCUT2D eigenvalue weighted by molar-refractivity contribution is -0.121. The summed E-state index contributed by atoms with van der Waals surface area (Å²) in [4.78, 5) is 24.4. The molecule has 0 heterocycles. The van der Waals surface area contributed by atoms with E-state index in [-0.39, 0.29) is 17.5 Å². The highest BCUT2D eigenvalue weighted by Crippen LogP contribution is 2.32. The van der Waals surface area contributed by atoms with Crippen LogP contribution in [0.2, 0.25) is 0 Å². The fourth-order valence-corrected chi connectivity index (χ4v) is 3.13. The van der Waals surface area contributed by atoms with Crippen molar-refractivity contribution in [1.82, 2.24) is 0 Å². The second kappa shape index (κ2) is 5.68. The Balaban J connectivity index is 2.04. The number of hydrogen-bond acceptors (Lipinski definition) is 3. The van der Waals surface area contributed by atoms with Crippen molar-refractivity contribution < 1.29 is 14.3 Å². The van der Waals surface area contributed by atoms with Gasteiger partial charge in [-0.25, -0.2) is 0 Å². The summed E-state index contributed by atoms with van der Waals surface area (Å²) in [6, 6.07) is 11.4. The molecule has 1 aliphatic rings. The highest BCUT2D eigenvalue weighted by atomic mass is 16.5. The first-order valence-electron chi connectivity index (χ1n) is 7.32. The van der Waals surface area contributed by atoms with E-state index in [1.165, 1.54) is 0 Å². The zero-order chi connectivity index (χ0) is 14.8. The van der Waals surface area contributed by atoms with E-state index in [9.17, 15) is 9.59 Å². The lowest BCUT2D eigenvalue weighted by atomic mass is 9.82. The molecule has 3 rings (SSSR count). The van der Waals surface area contributed by atoms with Crippen molar-refractivity contribution in [3.05, 3.63) is 42.0 Å². The zero-order valence-electron chi connectivity index (χ0n) is 12.1. The van der Waals surface area contributed by atoms with Gasteiger partial charge in [0, 0.05) is 29.7 Å². The normalized spacial score (nSPS) is 18.7. The minimum Gasteiger partial charge on any atom is -0.496 e. The SMILES string of the molecule is COc1ccc(C(=O)C2CCCC(=O)C2)c2ccccc12. The Morgan fingerprint density at radius 3 is 2.62 bits per heavy atom. The van der Waals surface area contributed by atoms with Crippen LogP contribution in [0.1, 0.15) is 36.0 Å². The largest absolute Gasteiger partial charge is 0.496 e. The Kier molecular flexibility index (Phi) is 3.74. The summed E-state index contributed by atoms with van der Waals surface area (Å²) in [5, 5.41) is 1.84. The molecule has 1 saturated carbocycles. The number of benzene rings is 2. The Labute approximate surface area is 123 Å². The van der Waals surface area contributed by atoms with E-state index in [1.54, 1.807) is 7.11 Å². The van der Waals surface area contributed by atoms with Crippen molar-refractivity contribution in [1.29, 1.82) is 0 Å². The van der Waals surface area contributed by atoms with Crippen LogP contribution in [0.3, 0.4) is 0 Å². The molecular formula is C18H18O3. The van der Waals surface area contributed by atoms with Crippen molar-refractivity contribution in [2.75, 3.05) is 7.11 Å². The number of hydrogen-bond donors (Lipinski definition) is 0. The third kappa shape index (κ3) is 2.56. The third-order valence-electron chi connectivity index (χ3n) is 4.22. The van der Waals surface area contributed by atoms with E-state index < -0.39 is 0 Å². The van der Waals surface area contributed by atoms with Crippen LogP contribution < -0.4 is 4.74 Å². The molecule has 3 heteroatoms. The second-order valence-electron chi connectivity index (χ2n) is 5.56. The maximum Gasteiger partial charge on any atom is 0.167 e. The van der Waals surface area contributed by atoms with Crippen molar-refractivity contribution >= 4 is 22.3 Å². The first-order chi connectivity index (χ1) is 10.2. The quantitative estimate of drug-likeness (QED) is 0.804. The highest BCUT2D eigenvalue weighted by molar-refractivity contribution is 6.11. The molecular weight excluding hydrogens is 264 g/mol. The fourth-order valence-electron chi connectivity index (χ4n) is 3.13. The van der Waals surface area contributed by atoms with Gasteiger partial charge in [-0.1, -0.05) is 24.3 Å². The van der Waals surface area contributed by atoms with Crippen molar-refractivity contribution in [3.8, 4) is 5.75 Å². The van der Waals surface area contributed by atoms with E-state index in [1.807, 2.05) is 36.4 Å². The van der Waals surface area contributed by atoms with E-state index in [0.29, 0.717) is 18.4 Å². The molecule has 1 fully saturated rings. The van der Waals surface area contributed by atoms with Gasteiger partial charge >= 0.3 is 0 Å². The molecule has 3 nitrogen and oxygen atoms in total. The molecule has 21 heavy (non-hydrogen) atoms. The topological polar surface area (TPSA) is 43.4 Å². The number of carbonyl (C=O) groups is 2. The molecule has 0 radical (unpaired) electrons. The summed E-state index contributed by atoms with van der Waals surface area (Å²) in [6.07, 6.45) is 2.64. The molecule has 108 valence electrons. The standard InChI is InChI=1S/C18H18O3/c1-21-17-10-9-16(14-7-2-3-8-15(14)17)18(20)12-5-4-6-13(19)11-12/h2-3,7-10,12H,4-6,11H2,1H3. The molecule has 1 unspecified atom stereocenters. The van der Waals surface area contributed by atoms with Gasteiger partial charge < -0.3 is 4.74 Å². The van der Waals surface area contributed by atoms with Crippen LogP contribution in [0.25, 0.3) is 10.8 Å². The molecule has 0 amide bonds. The minimum absolute atomic E-state index is 0.0851. The Bertz CT molecular complexity index is 703. The lowest BCUT2D eigenvalue weighted by Crippen LogP contribution is -2.23. The van der Waals surface area contributed by atoms with Gasteiger partial charge in [-0.2, -0.15) is 0 Å². The van der Waals surface area contributed by atoms with E-state index >= 15 is 0 Å². The van der Waals surface area contributed by atoms with E-state index in [2.05, 4.69) is 0 Å². The number of ketones is 2. The van der Waals surface area contributed by atoms with Crippen LogP contribution in [-0.4, -0.2) is 18.7 Å².